The quantitative estimate of drug-likeness (QED) is 0.705. The van der Waals surface area contributed by atoms with Gasteiger partial charge in [-0.3, -0.25) is 0 Å². The Morgan fingerprint density at radius 2 is 2.00 bits per heavy atom. The Bertz CT molecular complexity index is 711. The van der Waals surface area contributed by atoms with Gasteiger partial charge in [0.05, 0.1) is 15.7 Å². The molecule has 3 nitrogen and oxygen atoms in total. The van der Waals surface area contributed by atoms with E-state index in [4.69, 9.17) is 27.9 Å². The van der Waals surface area contributed by atoms with Gasteiger partial charge in [0.1, 0.15) is 30.2 Å². The smallest absolute Gasteiger partial charge is 0.281 e. The summed E-state index contributed by atoms with van der Waals surface area (Å²) in [5, 5.41) is -0.393. The Morgan fingerprint density at radius 1 is 1.27 bits per heavy atom. The van der Waals surface area contributed by atoms with Gasteiger partial charge in [0.15, 0.2) is 0 Å². The highest BCUT2D eigenvalue weighted by atomic mass is 35.5. The molecule has 0 bridgehead atoms. The van der Waals surface area contributed by atoms with E-state index >= 15 is 0 Å². The van der Waals surface area contributed by atoms with Crippen LogP contribution >= 0.6 is 23.2 Å². The average molecular weight is 349 g/mol. The van der Waals surface area contributed by atoms with Crippen LogP contribution in [0, 0.1) is 5.82 Å². The van der Waals surface area contributed by atoms with Gasteiger partial charge in [0, 0.05) is 5.56 Å². The third kappa shape index (κ3) is 3.34. The summed E-state index contributed by atoms with van der Waals surface area (Å²) in [7, 11) is 0. The highest BCUT2D eigenvalue weighted by Crippen LogP contribution is 2.37. The molecule has 0 aliphatic carbocycles. The van der Waals surface area contributed by atoms with Gasteiger partial charge in [-0.05, 0) is 12.1 Å². The van der Waals surface area contributed by atoms with Gasteiger partial charge in [0.2, 0.25) is 0 Å². The van der Waals surface area contributed by atoms with Crippen LogP contribution < -0.4 is 4.74 Å². The van der Waals surface area contributed by atoms with E-state index in [9.17, 15) is 13.2 Å². The molecule has 0 radical (unpaired) electrons. The minimum absolute atomic E-state index is 0.0300. The number of rotatable bonds is 5. The van der Waals surface area contributed by atoms with E-state index in [0.717, 1.165) is 12.4 Å². The molecule has 0 unspecified atom stereocenters. The van der Waals surface area contributed by atoms with Crippen LogP contribution in [-0.4, -0.2) is 16.6 Å². The SMILES string of the molecule is C=CCOc1cc(-c2ncnc(C(F)F)c2Cl)c(F)cc1Cl. The first-order valence-electron chi connectivity index (χ1n) is 5.97. The van der Waals surface area contributed by atoms with Crippen molar-refractivity contribution in [2.75, 3.05) is 6.61 Å². The number of ether oxygens (including phenoxy) is 1. The van der Waals surface area contributed by atoms with Crippen molar-refractivity contribution in [2.45, 2.75) is 6.43 Å². The van der Waals surface area contributed by atoms with E-state index in [1.165, 1.54) is 12.1 Å². The maximum Gasteiger partial charge on any atom is 0.281 e. The van der Waals surface area contributed by atoms with Crippen LogP contribution in [0.1, 0.15) is 12.1 Å². The number of nitrogens with zero attached hydrogens (tertiary/aromatic N) is 2. The molecule has 8 heteroatoms. The zero-order valence-corrected chi connectivity index (χ0v) is 12.5. The monoisotopic (exact) mass is 348 g/mol. The molecule has 0 saturated heterocycles. The van der Waals surface area contributed by atoms with E-state index in [1.54, 1.807) is 0 Å². The number of benzene rings is 1. The van der Waals surface area contributed by atoms with Crippen molar-refractivity contribution in [3.8, 4) is 17.0 Å². The van der Waals surface area contributed by atoms with E-state index in [1.807, 2.05) is 0 Å². The Morgan fingerprint density at radius 3 is 2.64 bits per heavy atom. The van der Waals surface area contributed by atoms with Crippen LogP contribution in [0.2, 0.25) is 10.0 Å². The maximum atomic E-state index is 14.1. The van der Waals surface area contributed by atoms with Crippen LogP contribution in [0.4, 0.5) is 13.2 Å². The molecule has 0 N–H and O–H groups in total. The zero-order chi connectivity index (χ0) is 16.3. The van der Waals surface area contributed by atoms with Gasteiger partial charge in [-0.2, -0.15) is 0 Å². The molecule has 22 heavy (non-hydrogen) atoms. The summed E-state index contributed by atoms with van der Waals surface area (Å²) >= 11 is 11.7. The third-order valence-electron chi connectivity index (χ3n) is 2.66. The van der Waals surface area contributed by atoms with Crippen molar-refractivity contribution >= 4 is 23.2 Å². The fraction of sp³-hybridized carbons (Fsp3) is 0.143. The van der Waals surface area contributed by atoms with Gasteiger partial charge < -0.3 is 4.74 Å². The number of hydrogen-bond acceptors (Lipinski definition) is 3. The topological polar surface area (TPSA) is 35.0 Å². The second-order valence-electron chi connectivity index (χ2n) is 4.08. The lowest BCUT2D eigenvalue weighted by atomic mass is 10.1. The first-order valence-corrected chi connectivity index (χ1v) is 6.73. The summed E-state index contributed by atoms with van der Waals surface area (Å²) in [6.07, 6.45) is -0.534. The van der Waals surface area contributed by atoms with Crippen LogP contribution in [0.5, 0.6) is 5.75 Å². The maximum absolute atomic E-state index is 14.1. The van der Waals surface area contributed by atoms with Crippen LogP contribution in [-0.2, 0) is 0 Å². The molecule has 1 aromatic carbocycles. The Hall–Kier alpha value is -1.79. The largest absolute Gasteiger partial charge is 0.488 e. The minimum Gasteiger partial charge on any atom is -0.488 e. The lowest BCUT2D eigenvalue weighted by Gasteiger charge is -2.11. The molecule has 0 aliphatic rings. The van der Waals surface area contributed by atoms with E-state index in [2.05, 4.69) is 16.5 Å². The van der Waals surface area contributed by atoms with E-state index in [-0.39, 0.29) is 28.6 Å². The molecule has 0 aliphatic heterocycles. The van der Waals surface area contributed by atoms with Crippen molar-refractivity contribution in [3.63, 3.8) is 0 Å². The normalized spacial score (nSPS) is 10.8. The summed E-state index contributed by atoms with van der Waals surface area (Å²) in [5.41, 5.74) is -0.947. The molecule has 0 saturated carbocycles. The predicted octanol–water partition coefficient (Wildman–Crippen LogP) is 5.09. The number of alkyl halides is 2. The molecule has 116 valence electrons. The standard InChI is InChI=1S/C14H9Cl2F3N2O/c1-2-3-22-10-4-7(9(17)5-8(10)15)12-11(16)13(14(18)19)21-6-20-12/h2,4-6,14H,1,3H2. The van der Waals surface area contributed by atoms with Crippen LogP contribution in [0.25, 0.3) is 11.3 Å². The molecule has 0 fully saturated rings. The highest BCUT2D eigenvalue weighted by molar-refractivity contribution is 6.34. The Kier molecular flexibility index (Phi) is 5.26. The van der Waals surface area contributed by atoms with Gasteiger partial charge >= 0.3 is 0 Å². The molecular formula is C14H9Cl2F3N2O. The molecule has 0 atom stereocenters. The molecule has 1 heterocycles. The summed E-state index contributed by atoms with van der Waals surface area (Å²) in [6, 6.07) is 2.24. The van der Waals surface area contributed by atoms with Gasteiger partial charge in [-0.15, -0.1) is 0 Å². The molecule has 0 spiro atoms. The van der Waals surface area contributed by atoms with Crippen molar-refractivity contribution in [2.24, 2.45) is 0 Å². The summed E-state index contributed by atoms with van der Waals surface area (Å²) in [6.45, 7) is 3.62. The van der Waals surface area contributed by atoms with Crippen molar-refractivity contribution in [1.29, 1.82) is 0 Å². The number of aromatic nitrogens is 2. The first kappa shape index (κ1) is 16.6. The average Bonchev–Trinajstić information content (AvgIpc) is 2.47. The third-order valence-corrected chi connectivity index (χ3v) is 3.32. The molecule has 1 aromatic heterocycles. The summed E-state index contributed by atoms with van der Waals surface area (Å²) < 4.78 is 45.0. The lowest BCUT2D eigenvalue weighted by Crippen LogP contribution is -2.00. The van der Waals surface area contributed by atoms with E-state index in [0.29, 0.717) is 0 Å². The molecule has 2 rings (SSSR count). The zero-order valence-electron chi connectivity index (χ0n) is 11.0. The van der Waals surface area contributed by atoms with Crippen molar-refractivity contribution in [1.82, 2.24) is 9.97 Å². The molecular weight excluding hydrogens is 340 g/mol. The first-order chi connectivity index (χ1) is 10.5. The van der Waals surface area contributed by atoms with Gasteiger partial charge in [-0.25, -0.2) is 23.1 Å². The van der Waals surface area contributed by atoms with E-state index < -0.39 is 23.0 Å². The fourth-order valence-corrected chi connectivity index (χ4v) is 2.18. The summed E-state index contributed by atoms with van der Waals surface area (Å²) in [4.78, 5) is 7.17. The van der Waals surface area contributed by atoms with Crippen molar-refractivity contribution < 1.29 is 17.9 Å². The number of hydrogen-bond donors (Lipinski definition) is 0. The second kappa shape index (κ2) is 6.98. The Balaban J connectivity index is 2.57. The van der Waals surface area contributed by atoms with Gasteiger partial charge in [-0.1, -0.05) is 35.9 Å². The fourth-order valence-electron chi connectivity index (χ4n) is 1.69. The lowest BCUT2D eigenvalue weighted by molar-refractivity contribution is 0.146. The highest BCUT2D eigenvalue weighted by Gasteiger charge is 2.21. The van der Waals surface area contributed by atoms with Crippen LogP contribution in [0.3, 0.4) is 0 Å². The number of halogens is 5. The molecule has 0 amide bonds. The molecule has 2 aromatic rings. The minimum atomic E-state index is -2.90. The summed E-state index contributed by atoms with van der Waals surface area (Å²) in [5.74, 6) is -0.608. The Labute approximate surface area is 134 Å². The van der Waals surface area contributed by atoms with Crippen LogP contribution in [0.15, 0.2) is 31.1 Å². The van der Waals surface area contributed by atoms with Gasteiger partial charge in [0.25, 0.3) is 6.43 Å². The predicted molar refractivity (Wildman–Crippen MR) is 78.1 cm³/mol. The second-order valence-corrected chi connectivity index (χ2v) is 4.87. The van der Waals surface area contributed by atoms with Crippen molar-refractivity contribution in [3.05, 3.63) is 52.7 Å².